The van der Waals surface area contributed by atoms with Gasteiger partial charge in [-0.05, 0) is 58.2 Å². The Hall–Kier alpha value is 0. The van der Waals surface area contributed by atoms with Gasteiger partial charge >= 0.3 is 0 Å². The first-order valence-electron chi connectivity index (χ1n) is 6.47. The zero-order valence-electron chi connectivity index (χ0n) is 9.72. The van der Waals surface area contributed by atoms with Crippen LogP contribution < -0.4 is 0 Å². The molecule has 0 aromatic rings. The number of hydrogen-bond acceptors (Lipinski definition) is 0. The van der Waals surface area contributed by atoms with Gasteiger partial charge in [0.05, 0.1) is 0 Å². The summed E-state index contributed by atoms with van der Waals surface area (Å²) in [6.45, 7) is 10.5. The van der Waals surface area contributed by atoms with Gasteiger partial charge in [-0.3, -0.25) is 0 Å². The van der Waals surface area contributed by atoms with E-state index in [1.807, 2.05) is 0 Å². The van der Waals surface area contributed by atoms with Gasteiger partial charge in [0.15, 0.2) is 0 Å². The Bertz CT molecular complexity index is 357. The molecule has 14 heavy (non-hydrogen) atoms. The highest BCUT2D eigenvalue weighted by Gasteiger charge is 3.07. The van der Waals surface area contributed by atoms with Crippen molar-refractivity contribution >= 4 is 0 Å². The third-order valence-electron chi connectivity index (χ3n) is 9.17. The van der Waals surface area contributed by atoms with Gasteiger partial charge in [0.1, 0.15) is 0 Å². The summed E-state index contributed by atoms with van der Waals surface area (Å²) < 4.78 is 0. The zero-order valence-corrected chi connectivity index (χ0v) is 9.72. The zero-order chi connectivity index (χ0) is 9.72. The second-order valence-electron chi connectivity index (χ2n) is 7.65. The van der Waals surface area contributed by atoms with Crippen LogP contribution in [0.5, 0.6) is 0 Å². The van der Waals surface area contributed by atoms with E-state index in [9.17, 15) is 0 Å². The molecule has 0 aliphatic heterocycles. The van der Waals surface area contributed by atoms with Crippen LogP contribution in [0, 0.1) is 45.3 Å². The van der Waals surface area contributed by atoms with Crippen molar-refractivity contribution in [2.24, 2.45) is 45.3 Å². The lowest BCUT2D eigenvalue weighted by molar-refractivity contribution is -0.641. The molecule has 6 fully saturated rings. The largest absolute Gasteiger partial charge is 0.0583 e. The van der Waals surface area contributed by atoms with Gasteiger partial charge in [-0.1, -0.05) is 27.7 Å². The summed E-state index contributed by atoms with van der Waals surface area (Å²) >= 11 is 0. The van der Waals surface area contributed by atoms with Gasteiger partial charge in [-0.25, -0.2) is 0 Å². The SMILES string of the molecule is CC12C3CCC4C5C3C1(C)C5(C)C42C. The summed E-state index contributed by atoms with van der Waals surface area (Å²) in [7, 11) is 0. The lowest BCUT2D eigenvalue weighted by Gasteiger charge is -3.10. The van der Waals surface area contributed by atoms with Crippen molar-refractivity contribution in [3.63, 3.8) is 0 Å². The van der Waals surface area contributed by atoms with Crippen LogP contribution in [0.3, 0.4) is 0 Å². The van der Waals surface area contributed by atoms with E-state index in [1.165, 1.54) is 0 Å². The molecule has 0 nitrogen and oxygen atoms in total. The fourth-order valence-corrected chi connectivity index (χ4v) is 8.77. The molecule has 0 radical (unpaired) electrons. The summed E-state index contributed by atoms with van der Waals surface area (Å²) in [5.74, 6) is 4.60. The lowest BCUT2D eigenvalue weighted by Crippen LogP contribution is -3.07. The maximum absolute atomic E-state index is 2.64. The fourth-order valence-electron chi connectivity index (χ4n) is 8.77. The highest BCUT2D eigenvalue weighted by molar-refractivity contribution is 5.53. The van der Waals surface area contributed by atoms with E-state index in [4.69, 9.17) is 0 Å². The fraction of sp³-hybridized carbons (Fsp3) is 1.00. The number of fused-ring (bicyclic) bond motifs is 1. The first-order chi connectivity index (χ1) is 6.47. The average molecular weight is 188 g/mol. The molecule has 0 saturated heterocycles. The van der Waals surface area contributed by atoms with E-state index < -0.39 is 0 Å². The normalized spacial score (nSPS) is 90.0. The lowest BCUT2D eigenvalue weighted by atomic mass is 8.93. The summed E-state index contributed by atoms with van der Waals surface area (Å²) in [6.07, 6.45) is 3.15. The molecular formula is C14H20. The maximum Gasteiger partial charge on any atom is -0.0167 e. The van der Waals surface area contributed by atoms with Gasteiger partial charge in [0, 0.05) is 0 Å². The van der Waals surface area contributed by atoms with Gasteiger partial charge < -0.3 is 0 Å². The van der Waals surface area contributed by atoms with Crippen molar-refractivity contribution in [1.82, 2.24) is 0 Å². The van der Waals surface area contributed by atoms with Crippen molar-refractivity contribution < 1.29 is 0 Å². The predicted octanol–water partition coefficient (Wildman–Crippen LogP) is 3.32. The molecule has 6 aliphatic rings. The van der Waals surface area contributed by atoms with Crippen molar-refractivity contribution in [2.75, 3.05) is 0 Å². The quantitative estimate of drug-likeness (QED) is 0.547. The van der Waals surface area contributed by atoms with Crippen molar-refractivity contribution in [2.45, 2.75) is 40.5 Å². The average Bonchev–Trinajstić information content (AvgIpc) is 2.20. The number of hydrogen-bond donors (Lipinski definition) is 0. The Balaban J connectivity index is 1.86. The van der Waals surface area contributed by atoms with Gasteiger partial charge in [0.2, 0.25) is 0 Å². The standard InChI is InChI=1S/C14H20/c1-11-7-5-6-8-10-9(7)13(11,3)14(10,4)12(8,11)2/h7-10H,5-6H2,1-4H3. The van der Waals surface area contributed by atoms with Crippen LogP contribution in [0.25, 0.3) is 0 Å². The molecule has 0 aromatic carbocycles. The van der Waals surface area contributed by atoms with Crippen LogP contribution in [0.1, 0.15) is 40.5 Å². The Morgan fingerprint density at radius 2 is 1.00 bits per heavy atom. The molecule has 0 aromatic heterocycles. The van der Waals surface area contributed by atoms with Gasteiger partial charge in [-0.2, -0.15) is 0 Å². The van der Waals surface area contributed by atoms with E-state index in [2.05, 4.69) is 27.7 Å². The summed E-state index contributed by atoms with van der Waals surface area (Å²) in [5.41, 5.74) is 3.08. The molecule has 0 heterocycles. The minimum absolute atomic E-state index is 0.761. The second-order valence-corrected chi connectivity index (χ2v) is 7.65. The van der Waals surface area contributed by atoms with Crippen LogP contribution in [0.2, 0.25) is 0 Å². The van der Waals surface area contributed by atoms with Crippen LogP contribution >= 0.6 is 0 Å². The Kier molecular flexibility index (Phi) is 0.676. The molecule has 6 saturated carbocycles. The molecule has 6 rings (SSSR count). The van der Waals surface area contributed by atoms with Crippen LogP contribution in [-0.2, 0) is 0 Å². The van der Waals surface area contributed by atoms with Crippen LogP contribution in [0.15, 0.2) is 0 Å². The molecule has 0 amide bonds. The second kappa shape index (κ2) is 1.30. The minimum Gasteiger partial charge on any atom is -0.0583 e. The summed E-state index contributed by atoms with van der Waals surface area (Å²) in [5, 5.41) is 0. The van der Waals surface area contributed by atoms with Crippen molar-refractivity contribution in [1.29, 1.82) is 0 Å². The van der Waals surface area contributed by atoms with E-state index in [1.54, 1.807) is 12.8 Å². The van der Waals surface area contributed by atoms with E-state index in [0.29, 0.717) is 0 Å². The highest BCUT2D eigenvalue weighted by Crippen LogP contribution is 3.10. The predicted molar refractivity (Wildman–Crippen MR) is 55.6 cm³/mol. The van der Waals surface area contributed by atoms with E-state index >= 15 is 0 Å². The van der Waals surface area contributed by atoms with Gasteiger partial charge in [-0.15, -0.1) is 0 Å². The molecule has 76 valence electrons. The first-order valence-corrected chi connectivity index (χ1v) is 6.47. The summed E-state index contributed by atoms with van der Waals surface area (Å²) in [6, 6.07) is 0. The molecule has 0 spiro atoms. The Morgan fingerprint density at radius 1 is 0.643 bits per heavy atom. The van der Waals surface area contributed by atoms with E-state index in [0.717, 1.165) is 45.3 Å². The Morgan fingerprint density at radius 3 is 1.36 bits per heavy atom. The van der Waals surface area contributed by atoms with Crippen molar-refractivity contribution in [3.05, 3.63) is 0 Å². The first kappa shape index (κ1) is 7.30. The van der Waals surface area contributed by atoms with Crippen LogP contribution in [0.4, 0.5) is 0 Å². The third kappa shape index (κ3) is 0.245. The molecule has 6 aliphatic carbocycles. The highest BCUT2D eigenvalue weighted by atomic mass is 15.1. The molecular weight excluding hydrogens is 168 g/mol. The van der Waals surface area contributed by atoms with Crippen molar-refractivity contribution in [3.8, 4) is 0 Å². The third-order valence-corrected chi connectivity index (χ3v) is 9.17. The summed E-state index contributed by atoms with van der Waals surface area (Å²) in [4.78, 5) is 0. The Labute approximate surface area is 86.5 Å². The topological polar surface area (TPSA) is 0 Å². The smallest absolute Gasteiger partial charge is 0.0167 e. The minimum atomic E-state index is 0.761. The molecule has 8 unspecified atom stereocenters. The van der Waals surface area contributed by atoms with Crippen LogP contribution in [-0.4, -0.2) is 0 Å². The maximum atomic E-state index is 2.64. The monoisotopic (exact) mass is 188 g/mol. The molecule has 8 atom stereocenters. The molecule has 0 N–H and O–H groups in total. The molecule has 2 bridgehead atoms. The van der Waals surface area contributed by atoms with Gasteiger partial charge in [0.25, 0.3) is 0 Å². The molecule has 0 heteroatoms. The van der Waals surface area contributed by atoms with E-state index in [-0.39, 0.29) is 0 Å². The number of rotatable bonds is 0.